The second-order valence-corrected chi connectivity index (χ2v) is 22.2. The molecule has 3 aliphatic rings. The fraction of sp³-hybridized carbons (Fsp3) is 0.0750. The molecule has 0 saturated carbocycles. The van der Waals surface area contributed by atoms with Crippen molar-refractivity contribution in [2.24, 2.45) is 0 Å². The molecule has 392 valence electrons. The van der Waals surface area contributed by atoms with Crippen molar-refractivity contribution in [2.45, 2.75) is 37.5 Å². The Morgan fingerprint density at radius 3 is 1.17 bits per heavy atom. The molecule has 0 amide bonds. The Balaban J connectivity index is 0.848. The molecule has 0 radical (unpaired) electrons. The van der Waals surface area contributed by atoms with E-state index in [2.05, 4.69) is 316 Å². The smallest absolute Gasteiger partial charge is 0.0714 e. The number of rotatable bonds is 13. The summed E-state index contributed by atoms with van der Waals surface area (Å²) >= 11 is 0. The highest BCUT2D eigenvalue weighted by atomic mass is 15.1. The first kappa shape index (κ1) is 50.2. The highest BCUT2D eigenvalue weighted by Gasteiger charge is 2.49. The number of para-hydroxylation sites is 2. The molecule has 0 aliphatic heterocycles. The molecule has 2 unspecified atom stereocenters. The van der Waals surface area contributed by atoms with E-state index in [0.717, 1.165) is 63.7 Å². The van der Waals surface area contributed by atoms with Gasteiger partial charge < -0.3 is 9.80 Å². The van der Waals surface area contributed by atoms with Crippen molar-refractivity contribution in [3.8, 4) is 33.4 Å². The van der Waals surface area contributed by atoms with Crippen molar-refractivity contribution in [3.05, 3.63) is 365 Å². The number of benzene rings is 11. The molecule has 2 heteroatoms. The van der Waals surface area contributed by atoms with Crippen LogP contribution in [-0.4, -0.2) is 0 Å². The van der Waals surface area contributed by atoms with Crippen LogP contribution in [-0.2, 0) is 10.8 Å². The van der Waals surface area contributed by atoms with Gasteiger partial charge in [-0.3, -0.25) is 0 Å². The molecule has 82 heavy (non-hydrogen) atoms. The molecule has 2 nitrogen and oxygen atoms in total. The zero-order valence-electron chi connectivity index (χ0n) is 46.4. The van der Waals surface area contributed by atoms with E-state index < -0.39 is 10.8 Å². The second-order valence-electron chi connectivity index (χ2n) is 22.2. The van der Waals surface area contributed by atoms with E-state index in [1.165, 1.54) is 83.5 Å². The maximum Gasteiger partial charge on any atom is 0.0714 e. The lowest BCUT2D eigenvalue weighted by molar-refractivity contribution is 0.687. The number of allylic oxidation sites excluding steroid dienone is 5. The zero-order chi connectivity index (χ0) is 55.4. The Kier molecular flexibility index (Phi) is 12.6. The summed E-state index contributed by atoms with van der Waals surface area (Å²) in [6, 6.07) is 99.4. The third-order valence-electron chi connectivity index (χ3n) is 17.7. The predicted octanol–water partition coefficient (Wildman–Crippen LogP) is 21.1. The average Bonchev–Trinajstić information content (AvgIpc) is 2.79. The molecule has 0 bridgehead atoms. The Hall–Kier alpha value is -10.0. The summed E-state index contributed by atoms with van der Waals surface area (Å²) in [5, 5.41) is 0. The van der Waals surface area contributed by atoms with Crippen molar-refractivity contribution in [1.29, 1.82) is 0 Å². The van der Waals surface area contributed by atoms with Crippen LogP contribution in [0.2, 0.25) is 0 Å². The molecular weight excluding hydrogens is 989 g/mol. The molecule has 2 atom stereocenters. The van der Waals surface area contributed by atoms with Crippen LogP contribution in [0.3, 0.4) is 0 Å². The summed E-state index contributed by atoms with van der Waals surface area (Å²) in [6.07, 6.45) is 10.5. The molecule has 0 spiro atoms. The van der Waals surface area contributed by atoms with Crippen LogP contribution in [0, 0.1) is 13.8 Å². The number of nitrogens with zero attached hydrogens (tertiary/aromatic N) is 2. The minimum atomic E-state index is -0.553. The lowest BCUT2D eigenvalue weighted by Gasteiger charge is -2.38. The van der Waals surface area contributed by atoms with Gasteiger partial charge in [0.1, 0.15) is 0 Å². The normalized spacial score (nSPS) is 16.4. The highest BCUT2D eigenvalue weighted by molar-refractivity contribution is 5.92. The topological polar surface area (TPSA) is 6.48 Å². The van der Waals surface area contributed by atoms with Gasteiger partial charge in [0.05, 0.1) is 10.8 Å². The van der Waals surface area contributed by atoms with Crippen LogP contribution in [0.25, 0.3) is 39.5 Å². The van der Waals surface area contributed by atoms with Crippen molar-refractivity contribution in [2.75, 3.05) is 9.80 Å². The molecule has 11 aromatic rings. The van der Waals surface area contributed by atoms with E-state index in [4.69, 9.17) is 0 Å². The number of hydrogen-bond donors (Lipinski definition) is 0. The molecule has 3 aliphatic carbocycles. The van der Waals surface area contributed by atoms with Gasteiger partial charge in [-0.25, -0.2) is 0 Å². The van der Waals surface area contributed by atoms with Gasteiger partial charge in [0.2, 0.25) is 0 Å². The molecule has 0 N–H and O–H groups in total. The molecule has 0 saturated heterocycles. The summed E-state index contributed by atoms with van der Waals surface area (Å²) in [5.41, 5.74) is 28.2. The van der Waals surface area contributed by atoms with E-state index >= 15 is 0 Å². The molecule has 14 rings (SSSR count). The van der Waals surface area contributed by atoms with Gasteiger partial charge in [0, 0.05) is 34.1 Å². The minimum Gasteiger partial charge on any atom is -0.310 e. The van der Waals surface area contributed by atoms with Crippen LogP contribution in [0.4, 0.5) is 34.1 Å². The molecule has 0 fully saturated rings. The Labute approximate surface area is 483 Å². The van der Waals surface area contributed by atoms with Crippen LogP contribution in [0.15, 0.2) is 309 Å². The fourth-order valence-corrected chi connectivity index (χ4v) is 13.7. The highest BCUT2D eigenvalue weighted by Crippen LogP contribution is 2.60. The Bertz CT molecular complexity index is 4280. The largest absolute Gasteiger partial charge is 0.310 e. The monoisotopic (exact) mass is 1050 g/mol. The molecular formula is C80H62N2. The minimum absolute atomic E-state index is 0.468. The number of aryl methyl sites for hydroxylation is 2. The quantitative estimate of drug-likeness (QED) is 0.114. The van der Waals surface area contributed by atoms with Gasteiger partial charge in [-0.15, -0.1) is 0 Å². The number of fused-ring (bicyclic) bond motifs is 6. The van der Waals surface area contributed by atoms with Crippen molar-refractivity contribution in [3.63, 3.8) is 0 Å². The van der Waals surface area contributed by atoms with E-state index in [1.54, 1.807) is 0 Å². The van der Waals surface area contributed by atoms with Gasteiger partial charge >= 0.3 is 0 Å². The first-order chi connectivity index (χ1) is 40.4. The average molecular weight is 1050 g/mol. The standard InChI is InChI=1S/C80H62N2/c1-5-57-29-41-63(42-30-57)79(61-37-25-55(3)26-38-61)75-23-15-13-21-71(75)73-51-49-69(53-77(73)79)81(65-17-9-7-10-18-65)67-45-33-59(34-46-67)60-35-47-68(48-36-60)82(66-19-11-8-12-20-66)70-50-52-74-72-22-14-16-24-76(72)80(78(74)54-70,62-39-27-56(4)28-40-62)64-43-31-58(6-2)32-44-64/h5-31,33-43,45-54H,1-2,32,44H2,3-4H3. The first-order valence-electron chi connectivity index (χ1n) is 28.7. The number of anilines is 6. The van der Waals surface area contributed by atoms with Gasteiger partial charge in [-0.05, 0) is 183 Å². The second kappa shape index (κ2) is 20.6. The zero-order valence-corrected chi connectivity index (χ0v) is 46.4. The Morgan fingerprint density at radius 2 is 0.720 bits per heavy atom. The fourth-order valence-electron chi connectivity index (χ4n) is 13.7. The molecule has 11 aromatic carbocycles. The SMILES string of the molecule is C=CC1=CC=C(C2(c3ccc(C)cc3)c3ccccc3-c3ccc(N(c4ccccc4)c4ccc(-c5ccc(N(c6ccccc6)c6ccc7c(c6)C(c6ccc(C)cc6)(c6ccc(C=C)cc6)c6ccccc6-7)cc5)cc4)cc32)CC1. The first-order valence-corrected chi connectivity index (χ1v) is 28.7. The lowest BCUT2D eigenvalue weighted by Crippen LogP contribution is -2.30. The van der Waals surface area contributed by atoms with E-state index in [1.807, 2.05) is 12.2 Å². The van der Waals surface area contributed by atoms with E-state index in [0.29, 0.717) is 0 Å². The molecule has 0 aromatic heterocycles. The summed E-state index contributed by atoms with van der Waals surface area (Å²) in [6.45, 7) is 12.6. The van der Waals surface area contributed by atoms with Crippen molar-refractivity contribution in [1.82, 2.24) is 0 Å². The van der Waals surface area contributed by atoms with Crippen LogP contribution < -0.4 is 9.80 Å². The van der Waals surface area contributed by atoms with Gasteiger partial charge in [-0.2, -0.15) is 0 Å². The summed E-state index contributed by atoms with van der Waals surface area (Å²) in [4.78, 5) is 4.81. The Morgan fingerprint density at radius 1 is 0.329 bits per heavy atom. The predicted molar refractivity (Wildman–Crippen MR) is 345 cm³/mol. The summed E-state index contributed by atoms with van der Waals surface area (Å²) in [5.74, 6) is 0. The third kappa shape index (κ3) is 8.16. The van der Waals surface area contributed by atoms with Crippen LogP contribution >= 0.6 is 0 Å². The van der Waals surface area contributed by atoms with Gasteiger partial charge in [0.15, 0.2) is 0 Å². The van der Waals surface area contributed by atoms with Crippen LogP contribution in [0.1, 0.15) is 68.5 Å². The van der Waals surface area contributed by atoms with Gasteiger partial charge in [0.25, 0.3) is 0 Å². The van der Waals surface area contributed by atoms with Gasteiger partial charge in [-0.1, -0.05) is 248 Å². The van der Waals surface area contributed by atoms with Crippen molar-refractivity contribution < 1.29 is 0 Å². The third-order valence-corrected chi connectivity index (χ3v) is 17.7. The lowest BCUT2D eigenvalue weighted by atomic mass is 9.65. The number of hydrogen-bond acceptors (Lipinski definition) is 2. The summed E-state index contributed by atoms with van der Waals surface area (Å²) < 4.78 is 0. The van der Waals surface area contributed by atoms with E-state index in [9.17, 15) is 0 Å². The van der Waals surface area contributed by atoms with Crippen molar-refractivity contribution >= 4 is 40.2 Å². The summed E-state index contributed by atoms with van der Waals surface area (Å²) in [7, 11) is 0. The molecule has 0 heterocycles. The maximum absolute atomic E-state index is 4.14. The van der Waals surface area contributed by atoms with E-state index in [-0.39, 0.29) is 0 Å². The maximum atomic E-state index is 4.14. The van der Waals surface area contributed by atoms with Crippen LogP contribution in [0.5, 0.6) is 0 Å².